The van der Waals surface area contributed by atoms with Gasteiger partial charge in [-0.15, -0.1) is 10.2 Å². The third-order valence-corrected chi connectivity index (χ3v) is 8.87. The lowest BCUT2D eigenvalue weighted by Crippen LogP contribution is -2.44. The Kier molecular flexibility index (Phi) is 6.67. The number of nitriles is 1. The molecular weight excluding hydrogens is 500 g/mol. The number of primary amides is 1. The number of carbonyl (C=O) groups is 1. The van der Waals surface area contributed by atoms with Gasteiger partial charge in [-0.25, -0.2) is 4.98 Å². The lowest BCUT2D eigenvalue weighted by atomic mass is 9.57. The van der Waals surface area contributed by atoms with E-state index >= 15 is 0 Å². The van der Waals surface area contributed by atoms with Gasteiger partial charge in [-0.3, -0.25) is 9.69 Å². The minimum atomic E-state index is -0.508. The van der Waals surface area contributed by atoms with E-state index in [0.29, 0.717) is 24.0 Å². The molecule has 2 fully saturated rings. The maximum absolute atomic E-state index is 12.2. The monoisotopic (exact) mass is 536 g/mol. The van der Waals surface area contributed by atoms with Crippen molar-refractivity contribution in [3.8, 4) is 11.8 Å². The molecule has 4 aromatic rings. The van der Waals surface area contributed by atoms with Crippen molar-refractivity contribution in [3.05, 3.63) is 71.1 Å². The minimum absolute atomic E-state index is 0.287. The Morgan fingerprint density at radius 2 is 2.10 bits per heavy atom. The fourth-order valence-electron chi connectivity index (χ4n) is 6.99. The highest BCUT2D eigenvalue weighted by Gasteiger charge is 2.49. The van der Waals surface area contributed by atoms with Gasteiger partial charge < -0.3 is 14.9 Å². The van der Waals surface area contributed by atoms with Gasteiger partial charge >= 0.3 is 0 Å². The highest BCUT2D eigenvalue weighted by Crippen LogP contribution is 2.53. The number of carbonyl (C=O) groups excluding carboxylic acids is 1. The molecule has 2 N–H and O–H groups in total. The largest absolute Gasteiger partial charge is 0.364 e. The number of amides is 1. The summed E-state index contributed by atoms with van der Waals surface area (Å²) in [6, 6.07) is 12.8. The number of benzene rings is 1. The molecule has 0 radical (unpaired) electrons. The molecule has 206 valence electrons. The second-order valence-electron chi connectivity index (χ2n) is 11.9. The Balaban J connectivity index is 1.47. The van der Waals surface area contributed by atoms with Gasteiger partial charge in [0.05, 0.1) is 22.5 Å². The molecule has 40 heavy (non-hydrogen) atoms. The predicted molar refractivity (Wildman–Crippen MR) is 153 cm³/mol. The number of hydrogen-bond acceptors (Lipinski definition) is 6. The van der Waals surface area contributed by atoms with Gasteiger partial charge in [0, 0.05) is 38.4 Å². The van der Waals surface area contributed by atoms with Gasteiger partial charge in [0.15, 0.2) is 0 Å². The van der Waals surface area contributed by atoms with Gasteiger partial charge in [0.1, 0.15) is 17.8 Å². The number of nitrogens with zero attached hydrogens (tertiary/aromatic N) is 7. The van der Waals surface area contributed by atoms with E-state index in [9.17, 15) is 10.1 Å². The number of aryl methyl sites for hydroxylation is 2. The van der Waals surface area contributed by atoms with Crippen molar-refractivity contribution >= 4 is 16.9 Å². The van der Waals surface area contributed by atoms with E-state index in [4.69, 9.17) is 10.7 Å². The second kappa shape index (κ2) is 10.2. The molecule has 3 aromatic heterocycles. The number of fused-ring (bicyclic) bond motifs is 1. The Bertz CT molecular complexity index is 1620. The van der Waals surface area contributed by atoms with Crippen molar-refractivity contribution in [2.75, 3.05) is 13.1 Å². The number of nitrogens with two attached hydrogens (primary N) is 1. The molecule has 6 rings (SSSR count). The van der Waals surface area contributed by atoms with Crippen LogP contribution in [0.15, 0.2) is 42.9 Å². The van der Waals surface area contributed by atoms with Gasteiger partial charge in [0.25, 0.3) is 5.91 Å². The van der Waals surface area contributed by atoms with Crippen LogP contribution in [-0.2, 0) is 19.0 Å². The summed E-state index contributed by atoms with van der Waals surface area (Å²) in [6.45, 7) is 7.16. The Morgan fingerprint density at radius 3 is 2.80 bits per heavy atom. The fourth-order valence-corrected chi connectivity index (χ4v) is 6.99. The molecular formula is C31H36N8O. The molecule has 9 nitrogen and oxygen atoms in total. The summed E-state index contributed by atoms with van der Waals surface area (Å²) in [5.74, 6) is 1.41. The van der Waals surface area contributed by atoms with Crippen LogP contribution in [0.4, 0.5) is 0 Å². The summed E-state index contributed by atoms with van der Waals surface area (Å²) in [5.41, 5.74) is 11.8. The van der Waals surface area contributed by atoms with E-state index in [2.05, 4.69) is 63.1 Å². The van der Waals surface area contributed by atoms with Crippen molar-refractivity contribution in [1.82, 2.24) is 29.2 Å². The van der Waals surface area contributed by atoms with Gasteiger partial charge in [0.2, 0.25) is 0 Å². The van der Waals surface area contributed by atoms with Crippen LogP contribution in [0.3, 0.4) is 0 Å². The molecule has 1 atom stereocenters. The summed E-state index contributed by atoms with van der Waals surface area (Å²) in [4.78, 5) is 19.4. The van der Waals surface area contributed by atoms with Crippen molar-refractivity contribution in [2.45, 2.75) is 57.9 Å². The Hall–Kier alpha value is -4.03. The highest BCUT2D eigenvalue weighted by molar-refractivity contribution is 5.95. The van der Waals surface area contributed by atoms with Crippen molar-refractivity contribution in [2.24, 2.45) is 24.6 Å². The smallest absolute Gasteiger partial charge is 0.267 e. The predicted octanol–water partition coefficient (Wildman–Crippen LogP) is 4.40. The maximum atomic E-state index is 12.2. The normalized spacial score (nSPS) is 23.1. The topological polar surface area (TPSA) is 119 Å². The number of likely N-dealkylation sites (tertiary alicyclic amines) is 1. The Morgan fingerprint density at radius 1 is 1.27 bits per heavy atom. The lowest BCUT2D eigenvalue weighted by molar-refractivity contribution is 0.0995. The quantitative estimate of drug-likeness (QED) is 0.374. The molecule has 2 aliphatic rings. The van der Waals surface area contributed by atoms with E-state index < -0.39 is 5.91 Å². The average molecular weight is 537 g/mol. The molecule has 9 heteroatoms. The first-order valence-corrected chi connectivity index (χ1v) is 14.1. The number of piperidine rings is 1. The van der Waals surface area contributed by atoms with Crippen LogP contribution in [0, 0.1) is 30.1 Å². The third kappa shape index (κ3) is 4.46. The molecule has 1 aromatic carbocycles. The van der Waals surface area contributed by atoms with Crippen molar-refractivity contribution in [1.29, 1.82) is 5.26 Å². The molecule has 0 unspecified atom stereocenters. The first kappa shape index (κ1) is 26.2. The summed E-state index contributed by atoms with van der Waals surface area (Å²) in [5, 5.41) is 18.0. The summed E-state index contributed by atoms with van der Waals surface area (Å²) in [7, 11) is 1.98. The SMILES string of the molecule is Cc1cn(-c2cccc(C3(c4nncn4C)CC(CC#N)C3)c2)c2c(CN3CCC[C@H](C)C3)cc(C(N)=O)nc12. The summed E-state index contributed by atoms with van der Waals surface area (Å²) in [6.07, 6.45) is 8.56. The molecule has 1 aliphatic carbocycles. The highest BCUT2D eigenvalue weighted by atomic mass is 16.1. The van der Waals surface area contributed by atoms with Crippen LogP contribution in [0.1, 0.15) is 72.0 Å². The van der Waals surface area contributed by atoms with Gasteiger partial charge in [-0.1, -0.05) is 19.1 Å². The van der Waals surface area contributed by atoms with Crippen LogP contribution in [0.5, 0.6) is 0 Å². The van der Waals surface area contributed by atoms with E-state index in [1.807, 2.05) is 24.6 Å². The van der Waals surface area contributed by atoms with Crippen LogP contribution in [-0.4, -0.2) is 48.2 Å². The zero-order valence-electron chi connectivity index (χ0n) is 23.5. The van der Waals surface area contributed by atoms with Crippen LogP contribution in [0.25, 0.3) is 16.7 Å². The number of aromatic nitrogens is 5. The molecule has 1 amide bonds. The van der Waals surface area contributed by atoms with E-state index in [-0.39, 0.29) is 5.41 Å². The van der Waals surface area contributed by atoms with E-state index in [1.165, 1.54) is 18.4 Å². The molecule has 0 bridgehead atoms. The van der Waals surface area contributed by atoms with E-state index in [0.717, 1.165) is 66.1 Å². The average Bonchev–Trinajstić information content (AvgIpc) is 3.49. The molecule has 1 aliphatic heterocycles. The standard InChI is InChI=1S/C31H36N8O/c1-20-6-5-11-38(16-20)18-23-12-26(29(33)40)35-27-21(2)17-39(28(23)27)25-8-4-7-24(13-25)31(14-22(15-31)9-10-32)30-36-34-19-37(30)3/h4,7-8,12-13,17,19-20,22H,5-6,9,11,14-16,18H2,1-3H3,(H2,33,40)/t20-,22?,31?/m0/s1. The number of hydrogen-bond donors (Lipinski definition) is 1. The summed E-state index contributed by atoms with van der Waals surface area (Å²) >= 11 is 0. The summed E-state index contributed by atoms with van der Waals surface area (Å²) < 4.78 is 4.21. The zero-order chi connectivity index (χ0) is 28.0. The zero-order valence-corrected chi connectivity index (χ0v) is 23.5. The van der Waals surface area contributed by atoms with Crippen LogP contribution < -0.4 is 5.73 Å². The first-order valence-electron chi connectivity index (χ1n) is 14.1. The fraction of sp³-hybridized carbons (Fsp3) is 0.452. The lowest BCUT2D eigenvalue weighted by Gasteiger charge is -2.46. The maximum Gasteiger partial charge on any atom is 0.267 e. The van der Waals surface area contributed by atoms with Crippen molar-refractivity contribution in [3.63, 3.8) is 0 Å². The molecule has 0 spiro atoms. The third-order valence-electron chi connectivity index (χ3n) is 8.87. The van der Waals surface area contributed by atoms with E-state index in [1.54, 1.807) is 6.33 Å². The number of rotatable bonds is 7. The van der Waals surface area contributed by atoms with Crippen molar-refractivity contribution < 1.29 is 4.79 Å². The van der Waals surface area contributed by atoms with Gasteiger partial charge in [-0.05, 0) is 85.9 Å². The molecule has 1 saturated heterocycles. The second-order valence-corrected chi connectivity index (χ2v) is 11.9. The van der Waals surface area contributed by atoms with Gasteiger partial charge in [-0.2, -0.15) is 5.26 Å². The minimum Gasteiger partial charge on any atom is -0.364 e. The molecule has 4 heterocycles. The number of pyridine rings is 1. The Labute approximate surface area is 234 Å². The first-order chi connectivity index (χ1) is 19.3. The van der Waals surface area contributed by atoms with Crippen LogP contribution in [0.2, 0.25) is 0 Å². The van der Waals surface area contributed by atoms with Crippen LogP contribution >= 0.6 is 0 Å². The molecule has 1 saturated carbocycles.